The zero-order valence-corrected chi connectivity index (χ0v) is 11.6. The third-order valence-electron chi connectivity index (χ3n) is 2.64. The van der Waals surface area contributed by atoms with Crippen molar-refractivity contribution in [3.63, 3.8) is 0 Å². The van der Waals surface area contributed by atoms with Gasteiger partial charge in [-0.1, -0.05) is 0 Å². The Hall–Kier alpha value is -0.860. The molecule has 1 aliphatic heterocycles. The van der Waals surface area contributed by atoms with E-state index in [1.54, 1.807) is 0 Å². The Morgan fingerprint density at radius 1 is 1.33 bits per heavy atom. The molecule has 1 rings (SSSR count). The Morgan fingerprint density at radius 2 is 1.90 bits per heavy atom. The molecule has 124 valence electrons. The predicted octanol–water partition coefficient (Wildman–Crippen LogP) is -3.46. The summed E-state index contributed by atoms with van der Waals surface area (Å²) in [5, 5.41) is 37.4. The van der Waals surface area contributed by atoms with Crippen molar-refractivity contribution in [2.45, 2.75) is 43.7 Å². The molecule has 0 spiro atoms. The van der Waals surface area contributed by atoms with Crippen molar-refractivity contribution >= 4 is 16.4 Å². The number of esters is 1. The maximum atomic E-state index is 11.3. The second-order valence-corrected chi connectivity index (χ2v) is 5.35. The van der Waals surface area contributed by atoms with E-state index in [-0.39, 0.29) is 0 Å². The van der Waals surface area contributed by atoms with Crippen LogP contribution in [0.1, 0.15) is 6.92 Å². The third-order valence-corrected chi connectivity index (χ3v) is 3.11. The molecule has 0 aliphatic carbocycles. The lowest BCUT2D eigenvalue weighted by molar-refractivity contribution is -0.285. The molecule has 0 bridgehead atoms. The average Bonchev–Trinajstić information content (AvgIpc) is 2.35. The van der Waals surface area contributed by atoms with Gasteiger partial charge < -0.3 is 29.9 Å². The first kappa shape index (κ1) is 18.2. The largest absolute Gasteiger partial charge is 0.455 e. The van der Waals surface area contributed by atoms with E-state index < -0.39 is 59.8 Å². The van der Waals surface area contributed by atoms with Crippen LogP contribution in [0.2, 0.25) is 0 Å². The minimum absolute atomic E-state index is 0.778. The van der Waals surface area contributed by atoms with Crippen LogP contribution in [0.4, 0.5) is 0 Å². The molecule has 11 nitrogen and oxygen atoms in total. The van der Waals surface area contributed by atoms with Gasteiger partial charge >= 0.3 is 16.4 Å². The predicted molar refractivity (Wildman–Crippen MR) is 62.0 cm³/mol. The normalized spacial score (nSPS) is 35.2. The Labute approximate surface area is 119 Å². The van der Waals surface area contributed by atoms with Crippen LogP contribution in [0.25, 0.3) is 0 Å². The molecule has 0 aromatic carbocycles. The van der Waals surface area contributed by atoms with E-state index in [1.165, 1.54) is 0 Å². The van der Waals surface area contributed by atoms with E-state index in [0.717, 1.165) is 6.92 Å². The van der Waals surface area contributed by atoms with Gasteiger partial charge in [0.2, 0.25) is 0 Å². The van der Waals surface area contributed by atoms with Crippen LogP contribution < -0.4 is 0 Å². The molecule has 1 heterocycles. The molecule has 0 aromatic heterocycles. The number of aliphatic hydroxyl groups is 4. The summed E-state index contributed by atoms with van der Waals surface area (Å²) in [6.45, 7) is 0.270. The van der Waals surface area contributed by atoms with Crippen LogP contribution in [0.5, 0.6) is 0 Å². The number of rotatable bonds is 5. The first-order chi connectivity index (χ1) is 9.56. The van der Waals surface area contributed by atoms with Gasteiger partial charge in [-0.05, 0) is 6.92 Å². The summed E-state index contributed by atoms with van der Waals surface area (Å²) in [4.78, 5) is 11.3. The van der Waals surface area contributed by atoms with E-state index in [1.807, 2.05) is 0 Å². The third kappa shape index (κ3) is 4.82. The summed E-state index contributed by atoms with van der Waals surface area (Å²) < 4.78 is 43.5. The van der Waals surface area contributed by atoms with Gasteiger partial charge in [-0.25, -0.2) is 8.98 Å². The highest BCUT2D eigenvalue weighted by atomic mass is 32.3. The summed E-state index contributed by atoms with van der Waals surface area (Å²) in [5.74, 6) is -1.24. The Morgan fingerprint density at radius 3 is 2.33 bits per heavy atom. The highest BCUT2D eigenvalue weighted by Gasteiger charge is 2.49. The number of ether oxygens (including phenoxy) is 2. The van der Waals surface area contributed by atoms with Crippen LogP contribution in [-0.4, -0.2) is 82.8 Å². The minimum atomic E-state index is -5.06. The quantitative estimate of drug-likeness (QED) is 0.249. The second-order valence-electron chi connectivity index (χ2n) is 4.30. The van der Waals surface area contributed by atoms with Gasteiger partial charge in [0.15, 0.2) is 18.5 Å². The lowest BCUT2D eigenvalue weighted by Crippen LogP contribution is -2.61. The number of hydrogen-bond acceptors (Lipinski definition) is 10. The van der Waals surface area contributed by atoms with Gasteiger partial charge in [0, 0.05) is 0 Å². The molecular formula is C9H16O11S. The molecular weight excluding hydrogens is 316 g/mol. The summed E-state index contributed by atoms with van der Waals surface area (Å²) >= 11 is 0. The molecule has 1 saturated heterocycles. The lowest BCUT2D eigenvalue weighted by Gasteiger charge is -2.40. The number of aliphatic hydroxyl groups excluding tert-OH is 4. The van der Waals surface area contributed by atoms with Crippen LogP contribution in [0.15, 0.2) is 0 Å². The van der Waals surface area contributed by atoms with Crippen molar-refractivity contribution in [2.24, 2.45) is 0 Å². The summed E-state index contributed by atoms with van der Waals surface area (Å²) in [6.07, 6.45) is -10.6. The van der Waals surface area contributed by atoms with Gasteiger partial charge in [-0.3, -0.25) is 4.55 Å². The van der Waals surface area contributed by atoms with Gasteiger partial charge in [0.1, 0.15) is 18.3 Å². The van der Waals surface area contributed by atoms with Gasteiger partial charge in [-0.15, -0.1) is 0 Å². The van der Waals surface area contributed by atoms with E-state index >= 15 is 0 Å². The molecule has 0 aromatic rings. The van der Waals surface area contributed by atoms with Crippen molar-refractivity contribution in [3.8, 4) is 0 Å². The fourth-order valence-electron chi connectivity index (χ4n) is 1.67. The maximum Gasteiger partial charge on any atom is 0.397 e. The molecule has 1 fully saturated rings. The highest BCUT2D eigenvalue weighted by Crippen LogP contribution is 2.26. The van der Waals surface area contributed by atoms with Crippen molar-refractivity contribution in [1.29, 1.82) is 0 Å². The molecule has 21 heavy (non-hydrogen) atoms. The molecule has 5 N–H and O–H groups in total. The van der Waals surface area contributed by atoms with E-state index in [2.05, 4.69) is 13.7 Å². The lowest BCUT2D eigenvalue weighted by atomic mass is 9.99. The van der Waals surface area contributed by atoms with E-state index in [0.29, 0.717) is 0 Å². The van der Waals surface area contributed by atoms with Crippen molar-refractivity contribution in [3.05, 3.63) is 0 Å². The fraction of sp³-hybridized carbons (Fsp3) is 0.889. The molecule has 6 atom stereocenters. The smallest absolute Gasteiger partial charge is 0.397 e. The van der Waals surface area contributed by atoms with Gasteiger partial charge in [0.05, 0.1) is 6.61 Å². The molecule has 1 aliphatic rings. The molecule has 1 unspecified atom stereocenters. The standard InChI is InChI=1S/C9H16O11S/c1-3(11)8(13)19-6-5(12)4(2-10)18-9(14)7(6)20-21(15,16)17/h3-7,9-12,14H,2H2,1H3,(H,15,16,17)/t3?,4-,5+,6+,7-,9-/m1/s1. The zero-order valence-electron chi connectivity index (χ0n) is 10.8. The first-order valence-electron chi connectivity index (χ1n) is 5.73. The number of hydrogen-bond donors (Lipinski definition) is 5. The van der Waals surface area contributed by atoms with Gasteiger partial charge in [-0.2, -0.15) is 8.42 Å². The van der Waals surface area contributed by atoms with Crippen LogP contribution >= 0.6 is 0 Å². The number of carbonyl (C=O) groups is 1. The SMILES string of the molecule is CC(O)C(=O)O[C@H]1[C@@H](O)[C@@H](CO)O[C@@H](O)[C@@H]1OS(=O)(=O)O. The highest BCUT2D eigenvalue weighted by molar-refractivity contribution is 7.80. The van der Waals surface area contributed by atoms with E-state index in [4.69, 9.17) is 14.8 Å². The Kier molecular flexibility index (Phi) is 6.01. The monoisotopic (exact) mass is 332 g/mol. The summed E-state index contributed by atoms with van der Waals surface area (Å²) in [6, 6.07) is 0. The van der Waals surface area contributed by atoms with Crippen molar-refractivity contribution in [2.75, 3.05) is 6.61 Å². The van der Waals surface area contributed by atoms with Crippen LogP contribution in [0.3, 0.4) is 0 Å². The topological polar surface area (TPSA) is 180 Å². The Bertz CT molecular complexity index is 460. The maximum absolute atomic E-state index is 11.3. The minimum Gasteiger partial charge on any atom is -0.455 e. The molecule has 0 radical (unpaired) electrons. The van der Waals surface area contributed by atoms with Crippen molar-refractivity contribution < 1.29 is 51.8 Å². The number of carbonyl (C=O) groups excluding carboxylic acids is 1. The van der Waals surface area contributed by atoms with E-state index in [9.17, 15) is 23.4 Å². The van der Waals surface area contributed by atoms with Crippen molar-refractivity contribution in [1.82, 2.24) is 0 Å². The van der Waals surface area contributed by atoms with Gasteiger partial charge in [0.25, 0.3) is 0 Å². The fourth-order valence-corrected chi connectivity index (χ4v) is 2.15. The second kappa shape index (κ2) is 6.93. The summed E-state index contributed by atoms with van der Waals surface area (Å²) in [5.41, 5.74) is 0. The Balaban J connectivity index is 3.02. The zero-order chi connectivity index (χ0) is 16.4. The summed E-state index contributed by atoms with van der Waals surface area (Å²) in [7, 11) is -5.06. The van der Waals surface area contributed by atoms with Crippen LogP contribution in [0, 0.1) is 0 Å². The molecule has 12 heteroatoms. The van der Waals surface area contributed by atoms with Crippen LogP contribution in [-0.2, 0) is 28.9 Å². The molecule has 0 saturated carbocycles. The molecule has 0 amide bonds. The first-order valence-corrected chi connectivity index (χ1v) is 7.10. The average molecular weight is 332 g/mol.